The van der Waals surface area contributed by atoms with Crippen LogP contribution in [0.1, 0.15) is 40.2 Å². The minimum absolute atomic E-state index is 0.0898. The number of hydrogen-bond donors (Lipinski definition) is 3. The Morgan fingerprint density at radius 3 is 1.83 bits per heavy atom. The normalized spacial score (nSPS) is 34.5. The van der Waals surface area contributed by atoms with E-state index in [1.54, 1.807) is 13.8 Å². The smallest absolute Gasteiger partial charge is 0.476 e. The molecule has 58 heavy (non-hydrogen) atoms. The van der Waals surface area contributed by atoms with Crippen molar-refractivity contribution in [1.29, 1.82) is 0 Å². The summed E-state index contributed by atoms with van der Waals surface area (Å²) >= 11 is 0. The van der Waals surface area contributed by atoms with Crippen molar-refractivity contribution in [2.45, 2.75) is 75.8 Å². The quantitative estimate of drug-likeness (QED) is 0.170. The minimum atomic E-state index is -4.51. The van der Waals surface area contributed by atoms with Crippen molar-refractivity contribution in [1.82, 2.24) is 39.0 Å². The lowest BCUT2D eigenvalue weighted by atomic mass is 9.96. The number of imidazole rings is 2. The zero-order valence-corrected chi connectivity index (χ0v) is 32.9. The van der Waals surface area contributed by atoms with E-state index in [1.807, 2.05) is 0 Å². The van der Waals surface area contributed by atoms with E-state index in [-0.39, 0.29) is 77.3 Å². The molecule has 8 heterocycles. The van der Waals surface area contributed by atoms with Crippen LogP contribution in [0.3, 0.4) is 0 Å². The number of nitrogens with two attached hydrogens (primary N) is 2. The van der Waals surface area contributed by atoms with Gasteiger partial charge in [0, 0.05) is 6.07 Å². The van der Waals surface area contributed by atoms with E-state index in [1.165, 1.54) is 59.9 Å². The highest BCUT2D eigenvalue weighted by Crippen LogP contribution is 2.61. The molecular weight excluding hydrogens is 813 g/mol. The molecule has 310 valence electrons. The molecule has 0 aliphatic carbocycles. The summed E-state index contributed by atoms with van der Waals surface area (Å²) in [5, 5.41) is 11.8. The van der Waals surface area contributed by atoms with Gasteiger partial charge in [0.1, 0.15) is 41.5 Å². The first-order chi connectivity index (χ1) is 27.6. The topological polar surface area (TPSA) is 286 Å². The zero-order valence-electron chi connectivity index (χ0n) is 31.1. The van der Waals surface area contributed by atoms with E-state index < -0.39 is 63.8 Å². The van der Waals surface area contributed by atoms with Crippen LogP contribution in [0, 0.1) is 0 Å². The molecule has 5 N–H and O–H groups in total. The van der Waals surface area contributed by atoms with Crippen molar-refractivity contribution in [3.05, 3.63) is 36.9 Å². The summed E-state index contributed by atoms with van der Waals surface area (Å²) in [4.78, 5) is 25.2. The average molecular weight is 851 g/mol. The van der Waals surface area contributed by atoms with E-state index in [0.29, 0.717) is 6.61 Å². The largest absolute Gasteiger partial charge is 0.530 e. The standard InChI is InChI=1S/C32H37FN10O13P2/c1-5-47-25-19-23(38-29(34)40-25)42(13-36-19)27-31(3,33)21-17(51-27)11-49-57(45,55-21)53-15-8-7-9-16(10-15)54-58(46)50-12-18-22(56-58)32(4,44)28(52-18)43-14-37-20-24(43)39-30(35)41-26(20)48-6-2/h7-10,13-14,17-18,21-22,27-28,44H,5-6,11-12H2,1-4H3,(H2,34,38,40)(H2,35,39,41)/t17-,18-,21-,22-,27-,28-,31-,32-,57?,58?/m1/s1. The predicted octanol–water partition coefficient (Wildman–Crippen LogP) is 3.41. The van der Waals surface area contributed by atoms with Crippen molar-refractivity contribution in [2.24, 2.45) is 0 Å². The molecule has 4 fully saturated rings. The molecule has 4 aliphatic heterocycles. The zero-order chi connectivity index (χ0) is 40.8. The summed E-state index contributed by atoms with van der Waals surface area (Å²) in [6.45, 7) is 6.07. The first kappa shape index (κ1) is 38.7. The first-order valence-electron chi connectivity index (χ1n) is 17.9. The van der Waals surface area contributed by atoms with Gasteiger partial charge >= 0.3 is 15.6 Å². The van der Waals surface area contributed by atoms with Gasteiger partial charge in [-0.25, -0.2) is 23.5 Å². The van der Waals surface area contributed by atoms with Gasteiger partial charge in [-0.05, 0) is 39.8 Å². The Kier molecular flexibility index (Phi) is 9.30. The van der Waals surface area contributed by atoms with Crippen LogP contribution in [0.25, 0.3) is 22.3 Å². The molecule has 0 radical (unpaired) electrons. The number of anilines is 2. The fourth-order valence-corrected chi connectivity index (χ4v) is 10.3. The first-order valence-corrected chi connectivity index (χ1v) is 20.9. The second-order valence-corrected chi connectivity index (χ2v) is 17.0. The van der Waals surface area contributed by atoms with Crippen molar-refractivity contribution in [3.8, 4) is 23.3 Å². The predicted molar refractivity (Wildman–Crippen MR) is 194 cm³/mol. The van der Waals surface area contributed by atoms with Crippen LogP contribution in [0.2, 0.25) is 0 Å². The fourth-order valence-electron chi connectivity index (χ4n) is 7.29. The molecule has 4 saturated heterocycles. The van der Waals surface area contributed by atoms with Crippen molar-refractivity contribution in [3.63, 3.8) is 0 Å². The maximum absolute atomic E-state index is 16.7. The van der Waals surface area contributed by atoms with Crippen LogP contribution in [0.4, 0.5) is 16.3 Å². The molecule has 0 spiro atoms. The Hall–Kier alpha value is -4.77. The molecule has 23 nitrogen and oxygen atoms in total. The highest BCUT2D eigenvalue weighted by atomic mass is 31.2. The average Bonchev–Trinajstić information content (AvgIpc) is 3.89. The van der Waals surface area contributed by atoms with E-state index in [0.717, 1.165) is 0 Å². The van der Waals surface area contributed by atoms with Crippen LogP contribution in [-0.2, 0) is 36.7 Å². The van der Waals surface area contributed by atoms with Crippen LogP contribution in [0.5, 0.6) is 23.3 Å². The molecule has 1 aromatic carbocycles. The monoisotopic (exact) mass is 850 g/mol. The second-order valence-electron chi connectivity index (χ2n) is 13.9. The molecule has 0 bridgehead atoms. The molecule has 2 unspecified atom stereocenters. The second kappa shape index (κ2) is 13.9. The van der Waals surface area contributed by atoms with Crippen LogP contribution >= 0.6 is 15.6 Å². The van der Waals surface area contributed by atoms with Gasteiger partial charge in [0.05, 0.1) is 39.1 Å². The number of aliphatic hydroxyl groups is 1. The number of nitrogens with zero attached hydrogens (tertiary/aromatic N) is 8. The Morgan fingerprint density at radius 2 is 1.29 bits per heavy atom. The number of rotatable bonds is 10. The highest BCUT2D eigenvalue weighted by molar-refractivity contribution is 7.49. The third kappa shape index (κ3) is 6.48. The van der Waals surface area contributed by atoms with E-state index >= 15 is 4.39 Å². The Labute approximate surface area is 327 Å². The molecule has 0 saturated carbocycles. The number of phosphoric ester groups is 2. The summed E-state index contributed by atoms with van der Waals surface area (Å²) in [7, 11) is -8.96. The van der Waals surface area contributed by atoms with Gasteiger partial charge in [-0.15, -0.1) is 0 Å². The summed E-state index contributed by atoms with van der Waals surface area (Å²) < 4.78 is 104. The lowest BCUT2D eigenvalue weighted by Gasteiger charge is -2.35. The van der Waals surface area contributed by atoms with Gasteiger partial charge < -0.3 is 44.6 Å². The number of nitrogen functional groups attached to an aromatic ring is 2. The van der Waals surface area contributed by atoms with E-state index in [4.69, 9.17) is 57.6 Å². The Balaban J connectivity index is 0.892. The van der Waals surface area contributed by atoms with Crippen LogP contribution in [0.15, 0.2) is 36.9 Å². The number of fused-ring (bicyclic) bond motifs is 4. The van der Waals surface area contributed by atoms with Gasteiger partial charge in [0.2, 0.25) is 23.7 Å². The molecule has 10 atom stereocenters. The molecule has 9 rings (SSSR count). The van der Waals surface area contributed by atoms with Crippen molar-refractivity contribution >= 4 is 49.9 Å². The van der Waals surface area contributed by atoms with Crippen molar-refractivity contribution < 1.29 is 64.7 Å². The van der Waals surface area contributed by atoms with Gasteiger partial charge in [-0.2, -0.15) is 19.9 Å². The maximum Gasteiger partial charge on any atom is 0.530 e. The summed E-state index contributed by atoms with van der Waals surface area (Å²) in [6, 6.07) is 5.45. The molecule has 0 amide bonds. The molecule has 5 aromatic rings. The van der Waals surface area contributed by atoms with Gasteiger partial charge in [-0.1, -0.05) is 6.07 Å². The van der Waals surface area contributed by atoms with E-state index in [2.05, 4.69) is 29.9 Å². The molecule has 4 aliphatic rings. The summed E-state index contributed by atoms with van der Waals surface area (Å²) in [5.74, 6) is -0.173. The van der Waals surface area contributed by atoms with Crippen LogP contribution in [-0.4, -0.2) is 106 Å². The number of phosphoric acid groups is 2. The lowest BCUT2D eigenvalue weighted by Crippen LogP contribution is -2.47. The SMILES string of the molecule is CCOc1nc(N)nc2c1ncn2[C@@H]1O[C@@H]2COP(=O)(Oc3cccc(OP4(=O)OC[C@H]5O[C@@H](n6cnc7c(OCC)nc(N)nc76)[C@](C)(F)[C@@H]5O4)c3)O[C@H]2[C@@]1(C)O. The molecular formula is C32H37FN10O13P2. The maximum atomic E-state index is 16.7. The van der Waals surface area contributed by atoms with Crippen molar-refractivity contribution in [2.75, 3.05) is 37.9 Å². The Bertz CT molecular complexity index is 2340. The van der Waals surface area contributed by atoms with Gasteiger partial charge in [0.25, 0.3) is 0 Å². The number of hydrogen-bond acceptors (Lipinski definition) is 21. The number of ether oxygens (including phenoxy) is 4. The highest BCUT2D eigenvalue weighted by Gasteiger charge is 2.63. The summed E-state index contributed by atoms with van der Waals surface area (Å²) in [6.07, 6.45) is -4.40. The number of aromatic nitrogens is 8. The molecule has 26 heteroatoms. The number of alkyl halides is 1. The lowest BCUT2D eigenvalue weighted by molar-refractivity contribution is -0.0897. The third-order valence-corrected chi connectivity index (χ3v) is 12.6. The number of benzene rings is 1. The van der Waals surface area contributed by atoms with Crippen LogP contribution < -0.4 is 30.0 Å². The van der Waals surface area contributed by atoms with Gasteiger partial charge in [0.15, 0.2) is 40.5 Å². The third-order valence-electron chi connectivity index (χ3n) is 9.80. The fraction of sp³-hybridized carbons (Fsp3) is 0.500. The summed E-state index contributed by atoms with van der Waals surface area (Å²) in [5.41, 5.74) is 8.52. The minimum Gasteiger partial charge on any atom is -0.476 e. The number of halogens is 1. The van der Waals surface area contributed by atoms with E-state index in [9.17, 15) is 14.2 Å². The Morgan fingerprint density at radius 1 is 0.810 bits per heavy atom. The molecule has 4 aromatic heterocycles. The van der Waals surface area contributed by atoms with Gasteiger partial charge in [-0.3, -0.25) is 27.2 Å².